The standard InChI is InChI=1S/C16H20Si/c1-3-14(2)17(15-10-6-4-7-11-15)16-12-8-5-9-13-16/h4-14,17H,3H2,1-2H3. The van der Waals surface area contributed by atoms with E-state index in [9.17, 15) is 0 Å². The van der Waals surface area contributed by atoms with Crippen LogP contribution in [0.1, 0.15) is 20.3 Å². The van der Waals surface area contributed by atoms with Crippen LogP contribution in [0.3, 0.4) is 0 Å². The van der Waals surface area contributed by atoms with Crippen molar-refractivity contribution in [3.05, 3.63) is 60.7 Å². The summed E-state index contributed by atoms with van der Waals surface area (Å²) in [5, 5.41) is 3.13. The zero-order valence-electron chi connectivity index (χ0n) is 10.6. The van der Waals surface area contributed by atoms with E-state index in [1.165, 1.54) is 6.42 Å². The topological polar surface area (TPSA) is 0 Å². The van der Waals surface area contributed by atoms with Gasteiger partial charge in [-0.25, -0.2) is 0 Å². The highest BCUT2D eigenvalue weighted by Gasteiger charge is 2.21. The molecule has 1 heteroatoms. The monoisotopic (exact) mass is 240 g/mol. The van der Waals surface area contributed by atoms with Crippen molar-refractivity contribution in [2.75, 3.05) is 0 Å². The van der Waals surface area contributed by atoms with Crippen LogP contribution in [0, 0.1) is 0 Å². The van der Waals surface area contributed by atoms with E-state index in [2.05, 4.69) is 74.5 Å². The van der Waals surface area contributed by atoms with Gasteiger partial charge in [0.1, 0.15) is 8.80 Å². The predicted octanol–water partition coefficient (Wildman–Crippen LogP) is 2.83. The van der Waals surface area contributed by atoms with Gasteiger partial charge in [0.05, 0.1) is 0 Å². The molecule has 0 aliphatic rings. The van der Waals surface area contributed by atoms with Crippen molar-refractivity contribution in [1.29, 1.82) is 0 Å². The lowest BCUT2D eigenvalue weighted by Crippen LogP contribution is -2.45. The third-order valence-electron chi connectivity index (χ3n) is 3.53. The summed E-state index contributed by atoms with van der Waals surface area (Å²) in [5.74, 6) is 0. The summed E-state index contributed by atoms with van der Waals surface area (Å²) in [6.07, 6.45) is 1.26. The van der Waals surface area contributed by atoms with Crippen LogP contribution in [0.5, 0.6) is 0 Å². The Labute approximate surface area is 106 Å². The molecule has 0 aromatic heterocycles. The maximum Gasteiger partial charge on any atom is 0.105 e. The highest BCUT2D eigenvalue weighted by atomic mass is 28.3. The highest BCUT2D eigenvalue weighted by Crippen LogP contribution is 2.14. The molecule has 2 rings (SSSR count). The fraction of sp³-hybridized carbons (Fsp3) is 0.250. The van der Waals surface area contributed by atoms with Gasteiger partial charge in [0.25, 0.3) is 0 Å². The summed E-state index contributed by atoms with van der Waals surface area (Å²) in [4.78, 5) is 0. The molecule has 0 heterocycles. The Morgan fingerprint density at radius 2 is 1.24 bits per heavy atom. The zero-order chi connectivity index (χ0) is 12.1. The van der Waals surface area contributed by atoms with Crippen molar-refractivity contribution in [3.63, 3.8) is 0 Å². The van der Waals surface area contributed by atoms with Crippen LogP contribution in [0.25, 0.3) is 0 Å². The van der Waals surface area contributed by atoms with Crippen LogP contribution in [-0.4, -0.2) is 8.80 Å². The van der Waals surface area contributed by atoms with Gasteiger partial charge in [-0.1, -0.05) is 91.3 Å². The number of hydrogen-bond acceptors (Lipinski definition) is 0. The molecule has 0 nitrogen and oxygen atoms in total. The third kappa shape index (κ3) is 2.86. The second kappa shape index (κ2) is 5.83. The quantitative estimate of drug-likeness (QED) is 0.721. The Balaban J connectivity index is 2.39. The van der Waals surface area contributed by atoms with E-state index >= 15 is 0 Å². The zero-order valence-corrected chi connectivity index (χ0v) is 11.8. The fourth-order valence-corrected chi connectivity index (χ4v) is 5.85. The minimum absolute atomic E-state index is 0.805. The van der Waals surface area contributed by atoms with Crippen LogP contribution < -0.4 is 10.4 Å². The third-order valence-corrected chi connectivity index (χ3v) is 7.35. The summed E-state index contributed by atoms with van der Waals surface area (Å²) < 4.78 is 0. The Morgan fingerprint density at radius 1 is 0.824 bits per heavy atom. The Bertz CT molecular complexity index is 396. The molecule has 2 aromatic rings. The van der Waals surface area contributed by atoms with Gasteiger partial charge in [-0.2, -0.15) is 0 Å². The molecule has 1 unspecified atom stereocenters. The van der Waals surface area contributed by atoms with Crippen LogP contribution in [0.2, 0.25) is 5.54 Å². The van der Waals surface area contributed by atoms with Crippen molar-refractivity contribution in [1.82, 2.24) is 0 Å². The first kappa shape index (κ1) is 12.1. The largest absolute Gasteiger partial charge is 0.105 e. The van der Waals surface area contributed by atoms with Crippen LogP contribution >= 0.6 is 0 Å². The van der Waals surface area contributed by atoms with Gasteiger partial charge in [0.2, 0.25) is 0 Å². The lowest BCUT2D eigenvalue weighted by atomic mass is 10.3. The average molecular weight is 240 g/mol. The summed E-state index contributed by atoms with van der Waals surface area (Å²) in [5.41, 5.74) is 0.805. The molecule has 0 amide bonds. The summed E-state index contributed by atoms with van der Waals surface area (Å²) in [6.45, 7) is 4.70. The number of benzene rings is 2. The Kier molecular flexibility index (Phi) is 4.16. The molecule has 0 bridgehead atoms. The molecule has 0 aliphatic heterocycles. The number of hydrogen-bond donors (Lipinski definition) is 0. The normalized spacial score (nSPS) is 12.6. The van der Waals surface area contributed by atoms with Crippen molar-refractivity contribution in [2.45, 2.75) is 25.8 Å². The molecule has 0 aliphatic carbocycles. The molecule has 0 N–H and O–H groups in total. The van der Waals surface area contributed by atoms with E-state index in [1.54, 1.807) is 10.4 Å². The molecular weight excluding hydrogens is 220 g/mol. The van der Waals surface area contributed by atoms with E-state index < -0.39 is 8.80 Å². The maximum atomic E-state index is 2.40. The minimum atomic E-state index is -1.04. The molecule has 2 aromatic carbocycles. The van der Waals surface area contributed by atoms with Crippen molar-refractivity contribution in [2.24, 2.45) is 0 Å². The van der Waals surface area contributed by atoms with Gasteiger partial charge in [0.15, 0.2) is 0 Å². The van der Waals surface area contributed by atoms with Crippen LogP contribution in [-0.2, 0) is 0 Å². The van der Waals surface area contributed by atoms with E-state index in [1.807, 2.05) is 0 Å². The lowest BCUT2D eigenvalue weighted by molar-refractivity contribution is 0.866. The van der Waals surface area contributed by atoms with Crippen LogP contribution in [0.15, 0.2) is 60.7 Å². The first-order chi connectivity index (χ1) is 8.33. The average Bonchev–Trinajstić information content (AvgIpc) is 2.41. The molecule has 0 radical (unpaired) electrons. The van der Waals surface area contributed by atoms with Gasteiger partial charge in [-0.05, 0) is 5.54 Å². The van der Waals surface area contributed by atoms with Crippen molar-refractivity contribution in [3.8, 4) is 0 Å². The second-order valence-corrected chi connectivity index (χ2v) is 8.11. The molecule has 1 atom stereocenters. The first-order valence-corrected chi connectivity index (χ1v) is 8.25. The number of rotatable bonds is 4. The molecule has 0 spiro atoms. The smallest absolute Gasteiger partial charge is 0.0654 e. The van der Waals surface area contributed by atoms with Crippen LogP contribution in [0.4, 0.5) is 0 Å². The minimum Gasteiger partial charge on any atom is -0.0654 e. The SMILES string of the molecule is CCC(C)[SiH](c1ccccc1)c1ccccc1. The second-order valence-electron chi connectivity index (χ2n) is 4.68. The molecule has 88 valence electrons. The fourth-order valence-electron chi connectivity index (χ4n) is 2.41. The van der Waals surface area contributed by atoms with Gasteiger partial charge in [0, 0.05) is 0 Å². The Hall–Kier alpha value is -1.34. The summed E-state index contributed by atoms with van der Waals surface area (Å²) in [6, 6.07) is 22.1. The predicted molar refractivity (Wildman–Crippen MR) is 79.0 cm³/mol. The van der Waals surface area contributed by atoms with Crippen molar-refractivity contribution < 1.29 is 0 Å². The molecule has 0 fully saturated rings. The van der Waals surface area contributed by atoms with Gasteiger partial charge in [-0.15, -0.1) is 0 Å². The Morgan fingerprint density at radius 3 is 1.59 bits per heavy atom. The summed E-state index contributed by atoms with van der Waals surface area (Å²) in [7, 11) is -1.04. The molecule has 17 heavy (non-hydrogen) atoms. The van der Waals surface area contributed by atoms with E-state index in [-0.39, 0.29) is 0 Å². The molecule has 0 saturated heterocycles. The van der Waals surface area contributed by atoms with Crippen molar-refractivity contribution >= 4 is 19.2 Å². The van der Waals surface area contributed by atoms with Gasteiger partial charge >= 0.3 is 0 Å². The molecular formula is C16H20Si. The first-order valence-electron chi connectivity index (χ1n) is 6.42. The summed E-state index contributed by atoms with van der Waals surface area (Å²) >= 11 is 0. The molecule has 0 saturated carbocycles. The van der Waals surface area contributed by atoms with Gasteiger partial charge in [-0.3, -0.25) is 0 Å². The maximum absolute atomic E-state index is 2.40. The highest BCUT2D eigenvalue weighted by molar-refractivity contribution is 6.86. The van der Waals surface area contributed by atoms with E-state index in [0.29, 0.717) is 0 Å². The van der Waals surface area contributed by atoms with Gasteiger partial charge < -0.3 is 0 Å². The van der Waals surface area contributed by atoms with E-state index in [4.69, 9.17) is 0 Å². The lowest BCUT2D eigenvalue weighted by Gasteiger charge is -2.22. The van der Waals surface area contributed by atoms with E-state index in [0.717, 1.165) is 5.54 Å².